The van der Waals surface area contributed by atoms with Gasteiger partial charge in [0.05, 0.1) is 19.0 Å². The number of amides is 1. The summed E-state index contributed by atoms with van der Waals surface area (Å²) in [5.41, 5.74) is 2.59. The van der Waals surface area contributed by atoms with Crippen molar-refractivity contribution in [3.8, 4) is 5.75 Å². The van der Waals surface area contributed by atoms with Crippen molar-refractivity contribution in [3.05, 3.63) is 24.4 Å². The Balaban J connectivity index is 1.55. The van der Waals surface area contributed by atoms with E-state index in [0.29, 0.717) is 23.9 Å². The second-order valence-corrected chi connectivity index (χ2v) is 8.51. The number of likely N-dealkylation sites (N-methyl/N-ethyl adjacent to an activating group) is 1. The van der Waals surface area contributed by atoms with Gasteiger partial charge in [0, 0.05) is 57.9 Å². The lowest BCUT2D eigenvalue weighted by Gasteiger charge is -2.34. The number of hydrogen-bond acceptors (Lipinski definition) is 8. The van der Waals surface area contributed by atoms with E-state index in [1.165, 1.54) is 0 Å². The van der Waals surface area contributed by atoms with Crippen molar-refractivity contribution in [1.29, 1.82) is 0 Å². The first-order chi connectivity index (χ1) is 15.5. The normalized spacial score (nSPS) is 18.0. The molecule has 0 atom stereocenters. The molecule has 0 unspecified atom stereocenters. The molecule has 2 aliphatic rings. The molecule has 2 aliphatic heterocycles. The number of carbonyl (C=O) groups excluding carboxylic acids is 1. The van der Waals surface area contributed by atoms with Crippen LogP contribution in [0.25, 0.3) is 0 Å². The molecule has 1 saturated heterocycles. The molecule has 1 fully saturated rings. The first-order valence-electron chi connectivity index (χ1n) is 11.3. The molecule has 0 saturated carbocycles. The Hall–Kier alpha value is -3.07. The predicted molar refractivity (Wildman–Crippen MR) is 128 cm³/mol. The van der Waals surface area contributed by atoms with E-state index in [1.54, 1.807) is 13.3 Å². The summed E-state index contributed by atoms with van der Waals surface area (Å²) < 4.78 is 5.66. The number of methoxy groups -OCH3 is 1. The summed E-state index contributed by atoms with van der Waals surface area (Å²) in [6.45, 7) is 4.98. The fraction of sp³-hybridized carbons (Fsp3) is 0.522. The van der Waals surface area contributed by atoms with E-state index in [1.807, 2.05) is 13.1 Å². The van der Waals surface area contributed by atoms with Gasteiger partial charge in [0.25, 0.3) is 0 Å². The van der Waals surface area contributed by atoms with Gasteiger partial charge in [0.15, 0.2) is 5.82 Å². The van der Waals surface area contributed by atoms with Crippen molar-refractivity contribution in [3.63, 3.8) is 0 Å². The fourth-order valence-corrected chi connectivity index (χ4v) is 4.11. The van der Waals surface area contributed by atoms with E-state index in [-0.39, 0.29) is 5.91 Å². The number of rotatable bonds is 4. The zero-order valence-corrected chi connectivity index (χ0v) is 19.2. The maximum Gasteiger partial charge on any atom is 0.229 e. The number of carbonyl (C=O) groups is 1. The van der Waals surface area contributed by atoms with Crippen LogP contribution >= 0.6 is 0 Å². The standard InChI is InChI=1S/C23H33N7O2/c1-28-11-13-30(14-12-28)17-8-9-18(20(15-17)32-3)26-23-24-16-19-22(27-23)29(2)10-6-4-5-7-21(31)25-19/h8-9,15-16H,4-7,10-14H2,1-3H3,(H,25,31)(H,24,26,27). The second-order valence-electron chi connectivity index (χ2n) is 8.51. The van der Waals surface area contributed by atoms with Gasteiger partial charge in [0.2, 0.25) is 11.9 Å². The van der Waals surface area contributed by atoms with Gasteiger partial charge in [-0.2, -0.15) is 4.98 Å². The maximum atomic E-state index is 12.2. The van der Waals surface area contributed by atoms with Crippen molar-refractivity contribution in [2.75, 3.05) is 74.4 Å². The van der Waals surface area contributed by atoms with Crippen LogP contribution in [0.1, 0.15) is 25.7 Å². The van der Waals surface area contributed by atoms with Gasteiger partial charge < -0.3 is 30.1 Å². The summed E-state index contributed by atoms with van der Waals surface area (Å²) in [5, 5.41) is 6.25. The molecule has 1 aromatic carbocycles. The largest absolute Gasteiger partial charge is 0.494 e. The number of benzene rings is 1. The molecule has 0 radical (unpaired) electrons. The lowest BCUT2D eigenvalue weighted by atomic mass is 10.1. The number of nitrogens with one attached hydrogen (secondary N) is 2. The Labute approximate surface area is 189 Å². The van der Waals surface area contributed by atoms with Crippen LogP contribution in [0.3, 0.4) is 0 Å². The van der Waals surface area contributed by atoms with Gasteiger partial charge in [-0.25, -0.2) is 4.98 Å². The van der Waals surface area contributed by atoms with Crippen LogP contribution in [-0.2, 0) is 4.79 Å². The smallest absolute Gasteiger partial charge is 0.229 e. The summed E-state index contributed by atoms with van der Waals surface area (Å²) in [6, 6.07) is 6.17. The predicted octanol–water partition coefficient (Wildman–Crippen LogP) is 2.93. The van der Waals surface area contributed by atoms with Gasteiger partial charge in [-0.1, -0.05) is 6.42 Å². The van der Waals surface area contributed by atoms with Gasteiger partial charge in [0.1, 0.15) is 11.4 Å². The molecule has 0 aliphatic carbocycles. The molecular formula is C23H33N7O2. The maximum absolute atomic E-state index is 12.2. The molecule has 0 spiro atoms. The van der Waals surface area contributed by atoms with E-state index >= 15 is 0 Å². The lowest BCUT2D eigenvalue weighted by molar-refractivity contribution is -0.116. The molecular weight excluding hydrogens is 406 g/mol. The number of hydrogen-bond donors (Lipinski definition) is 2. The van der Waals surface area contributed by atoms with E-state index in [4.69, 9.17) is 9.72 Å². The van der Waals surface area contributed by atoms with Crippen LogP contribution in [0, 0.1) is 0 Å². The number of fused-ring (bicyclic) bond motifs is 1. The van der Waals surface area contributed by atoms with Crippen LogP contribution in [-0.4, -0.2) is 74.7 Å². The summed E-state index contributed by atoms with van der Waals surface area (Å²) in [5.74, 6) is 1.93. The molecule has 2 aromatic rings. The number of piperazine rings is 1. The second kappa shape index (κ2) is 10.0. The lowest BCUT2D eigenvalue weighted by Crippen LogP contribution is -2.44. The minimum atomic E-state index is 0.00650. The Kier molecular flexibility index (Phi) is 6.94. The van der Waals surface area contributed by atoms with Crippen LogP contribution in [0.2, 0.25) is 0 Å². The minimum absolute atomic E-state index is 0.00650. The van der Waals surface area contributed by atoms with Crippen LogP contribution in [0.15, 0.2) is 24.4 Å². The number of anilines is 5. The van der Waals surface area contributed by atoms with E-state index in [2.05, 4.69) is 49.5 Å². The fourth-order valence-electron chi connectivity index (χ4n) is 4.11. The topological polar surface area (TPSA) is 85.9 Å². The Bertz CT molecular complexity index is 944. The summed E-state index contributed by atoms with van der Waals surface area (Å²) in [7, 11) is 5.82. The Morgan fingerprint density at radius 2 is 1.88 bits per heavy atom. The highest BCUT2D eigenvalue weighted by Gasteiger charge is 2.18. The van der Waals surface area contributed by atoms with Crippen molar-refractivity contribution >= 4 is 34.7 Å². The number of aromatic nitrogens is 2. The summed E-state index contributed by atoms with van der Waals surface area (Å²) in [6.07, 6.45) is 5.16. The third kappa shape index (κ3) is 5.21. The molecule has 9 nitrogen and oxygen atoms in total. The third-order valence-electron chi connectivity index (χ3n) is 6.10. The molecule has 172 valence electrons. The van der Waals surface area contributed by atoms with Gasteiger partial charge in [-0.05, 0) is 32.0 Å². The quantitative estimate of drug-likeness (QED) is 0.752. The Morgan fingerprint density at radius 1 is 1.06 bits per heavy atom. The average molecular weight is 440 g/mol. The minimum Gasteiger partial charge on any atom is -0.494 e. The van der Waals surface area contributed by atoms with Crippen molar-refractivity contribution in [2.45, 2.75) is 25.7 Å². The SMILES string of the molecule is COc1cc(N2CCN(C)CC2)ccc1Nc1ncc2c(n1)N(C)CCCCCC(=O)N2. The van der Waals surface area contributed by atoms with E-state index < -0.39 is 0 Å². The molecule has 3 heterocycles. The molecule has 9 heteroatoms. The number of ether oxygens (including phenoxy) is 1. The first kappa shape index (κ1) is 22.1. The summed E-state index contributed by atoms with van der Waals surface area (Å²) in [4.78, 5) is 28.1. The third-order valence-corrected chi connectivity index (χ3v) is 6.10. The molecule has 2 N–H and O–H groups in total. The zero-order chi connectivity index (χ0) is 22.5. The van der Waals surface area contributed by atoms with Gasteiger partial charge in [-0.3, -0.25) is 4.79 Å². The van der Waals surface area contributed by atoms with Crippen LogP contribution < -0.4 is 25.2 Å². The molecule has 0 bridgehead atoms. The highest BCUT2D eigenvalue weighted by molar-refractivity contribution is 5.93. The average Bonchev–Trinajstić information content (AvgIpc) is 2.80. The van der Waals surface area contributed by atoms with Crippen LogP contribution in [0.5, 0.6) is 5.75 Å². The Morgan fingerprint density at radius 3 is 2.66 bits per heavy atom. The highest BCUT2D eigenvalue weighted by Crippen LogP contribution is 2.33. The molecule has 1 amide bonds. The molecule has 32 heavy (non-hydrogen) atoms. The highest BCUT2D eigenvalue weighted by atomic mass is 16.5. The van der Waals surface area contributed by atoms with Crippen molar-refractivity contribution < 1.29 is 9.53 Å². The first-order valence-corrected chi connectivity index (χ1v) is 11.3. The van der Waals surface area contributed by atoms with E-state index in [9.17, 15) is 4.79 Å². The summed E-state index contributed by atoms with van der Waals surface area (Å²) >= 11 is 0. The monoisotopic (exact) mass is 439 g/mol. The van der Waals surface area contributed by atoms with Gasteiger partial charge in [-0.15, -0.1) is 0 Å². The van der Waals surface area contributed by atoms with Gasteiger partial charge >= 0.3 is 0 Å². The van der Waals surface area contributed by atoms with Crippen LogP contribution in [0.4, 0.5) is 28.8 Å². The molecule has 1 aromatic heterocycles. The van der Waals surface area contributed by atoms with Crippen molar-refractivity contribution in [1.82, 2.24) is 14.9 Å². The van der Waals surface area contributed by atoms with Crippen molar-refractivity contribution in [2.24, 2.45) is 0 Å². The van der Waals surface area contributed by atoms with E-state index in [0.717, 1.165) is 69.1 Å². The molecule has 4 rings (SSSR count). The number of nitrogens with zero attached hydrogens (tertiary/aromatic N) is 5. The zero-order valence-electron chi connectivity index (χ0n) is 19.2.